The van der Waals surface area contributed by atoms with Gasteiger partial charge >= 0.3 is 0 Å². The summed E-state index contributed by atoms with van der Waals surface area (Å²) < 4.78 is 16.7. The molecule has 404 valence electrons. The predicted molar refractivity (Wildman–Crippen MR) is 286 cm³/mol. The number of piperidine rings is 1. The number of aliphatic hydroxyl groups is 1. The molecular weight excluding hydrogens is 977 g/mol. The molecule has 2 fully saturated rings. The Labute approximate surface area is 444 Å². The van der Waals surface area contributed by atoms with E-state index in [0.29, 0.717) is 36.7 Å². The Morgan fingerprint density at radius 3 is 2.21 bits per heavy atom. The third-order valence-electron chi connectivity index (χ3n) is 13.3. The third-order valence-corrected chi connectivity index (χ3v) is 14.3. The number of aromatic nitrogens is 2. The SMILES string of the molecule is Cc1ncsc1-c1ccc([C@H](C)NC(=O)[C@@H]2C[C@@H](O)CN2C(=O)[C@@H](NC(=O)COCCOCCOCCNC(=O)c2ccc(C(=O)N3CCC(CCCCNC(=O)/C=C/c4cccnc4)CC3)cc2)C(C)(C)C)cc1. The molecule has 2 aromatic heterocycles. The third kappa shape index (κ3) is 18.2. The van der Waals surface area contributed by atoms with Gasteiger partial charge in [0.15, 0.2) is 0 Å². The van der Waals surface area contributed by atoms with Crippen LogP contribution in [0.3, 0.4) is 0 Å². The zero-order valence-corrected chi connectivity index (χ0v) is 44.7. The number of benzene rings is 2. The van der Waals surface area contributed by atoms with E-state index in [4.69, 9.17) is 14.2 Å². The largest absolute Gasteiger partial charge is 0.391 e. The molecule has 0 radical (unpaired) electrons. The van der Waals surface area contributed by atoms with Crippen LogP contribution in [0.4, 0.5) is 0 Å². The number of ether oxygens (including phenoxy) is 3. The highest BCUT2D eigenvalue weighted by molar-refractivity contribution is 7.13. The van der Waals surface area contributed by atoms with Crippen LogP contribution in [0, 0.1) is 18.3 Å². The number of rotatable bonds is 26. The van der Waals surface area contributed by atoms with E-state index < -0.39 is 35.4 Å². The normalized spacial score (nSPS) is 16.9. The zero-order valence-electron chi connectivity index (χ0n) is 43.9. The van der Waals surface area contributed by atoms with Gasteiger partial charge in [-0.3, -0.25) is 33.8 Å². The standard InChI is InChI=1S/C56H74N8O10S/c1-38(42-12-14-43(15-13-42)50-39(2)60-37-75-50)61-53(69)47-33-46(65)35-64(47)55(71)51(56(3,4)5)62-49(67)36-74-32-31-73-30-29-72-28-25-59-52(68)44-16-18-45(19-17-44)54(70)63-26-21-40(22-27-63)9-6-7-24-58-48(66)20-11-41-10-8-23-57-34-41/h8,10-20,23,34,37-38,40,46-47,51,65H,6-7,9,21-22,24-33,35-36H2,1-5H3,(H,58,66)(H,59,68)(H,61,69)(H,62,67)/b20-11+/t38-,46+,47-,51+/m0/s1. The average Bonchev–Trinajstić information content (AvgIpc) is 4.03. The summed E-state index contributed by atoms with van der Waals surface area (Å²) in [5.41, 5.74) is 5.82. The maximum Gasteiger partial charge on any atom is 0.253 e. The topological polar surface area (TPSA) is 231 Å². The molecule has 0 spiro atoms. The summed E-state index contributed by atoms with van der Waals surface area (Å²) in [6, 6.07) is 16.0. The second-order valence-corrected chi connectivity index (χ2v) is 21.0. The second kappa shape index (κ2) is 29.1. The van der Waals surface area contributed by atoms with Crippen molar-refractivity contribution in [3.05, 3.63) is 113 Å². The van der Waals surface area contributed by atoms with Crippen LogP contribution in [0.1, 0.15) is 110 Å². The van der Waals surface area contributed by atoms with Crippen molar-refractivity contribution in [2.75, 3.05) is 72.4 Å². The summed E-state index contributed by atoms with van der Waals surface area (Å²) in [5, 5.41) is 22.2. The highest BCUT2D eigenvalue weighted by Gasteiger charge is 2.44. The first-order chi connectivity index (χ1) is 36.1. The Hall–Kier alpha value is -6.38. The number of carbonyl (C=O) groups is 6. The molecule has 0 saturated carbocycles. The molecule has 4 heterocycles. The summed E-state index contributed by atoms with van der Waals surface area (Å²) in [6.07, 6.45) is 10.7. The first kappa shape index (κ1) is 57.9. The molecule has 4 aromatic rings. The van der Waals surface area contributed by atoms with Crippen LogP contribution in [-0.2, 0) is 33.4 Å². The summed E-state index contributed by atoms with van der Waals surface area (Å²) >= 11 is 1.57. The van der Waals surface area contributed by atoms with Crippen molar-refractivity contribution in [3.8, 4) is 10.4 Å². The molecule has 6 amide bonds. The number of nitrogens with one attached hydrogen (secondary N) is 4. The number of nitrogens with zero attached hydrogens (tertiary/aromatic N) is 4. The van der Waals surface area contributed by atoms with Crippen LogP contribution >= 0.6 is 11.3 Å². The van der Waals surface area contributed by atoms with Gasteiger partial charge in [-0.15, -0.1) is 11.3 Å². The summed E-state index contributed by atoms with van der Waals surface area (Å²) in [4.78, 5) is 91.4. The fraction of sp³-hybridized carbons (Fsp3) is 0.500. The molecular formula is C56H74N8O10S. The number of unbranched alkanes of at least 4 members (excludes halogenated alkanes) is 1. The van der Waals surface area contributed by atoms with Crippen LogP contribution in [0.25, 0.3) is 16.5 Å². The predicted octanol–water partition coefficient (Wildman–Crippen LogP) is 5.52. The van der Waals surface area contributed by atoms with Gasteiger partial charge in [-0.1, -0.05) is 63.9 Å². The van der Waals surface area contributed by atoms with Crippen LogP contribution in [0.15, 0.2) is 84.6 Å². The van der Waals surface area contributed by atoms with Crippen LogP contribution in [0.2, 0.25) is 0 Å². The van der Waals surface area contributed by atoms with Gasteiger partial charge in [-0.05, 0) is 97.5 Å². The van der Waals surface area contributed by atoms with E-state index in [1.165, 1.54) is 11.0 Å². The molecule has 2 aliphatic rings. The fourth-order valence-corrected chi connectivity index (χ4v) is 9.82. The van der Waals surface area contributed by atoms with Gasteiger partial charge in [0.1, 0.15) is 18.7 Å². The van der Waals surface area contributed by atoms with Gasteiger partial charge in [0, 0.05) is 68.7 Å². The van der Waals surface area contributed by atoms with Crippen molar-refractivity contribution < 1.29 is 48.1 Å². The van der Waals surface area contributed by atoms with Gasteiger partial charge < -0.3 is 50.4 Å². The number of pyridine rings is 1. The maximum atomic E-state index is 14.0. The molecule has 18 nitrogen and oxygen atoms in total. The minimum absolute atomic E-state index is 0.0365. The highest BCUT2D eigenvalue weighted by Crippen LogP contribution is 2.30. The summed E-state index contributed by atoms with van der Waals surface area (Å²) in [6.45, 7) is 12.3. The van der Waals surface area contributed by atoms with Gasteiger partial charge in [-0.2, -0.15) is 0 Å². The van der Waals surface area contributed by atoms with E-state index >= 15 is 0 Å². The lowest BCUT2D eigenvalue weighted by molar-refractivity contribution is -0.144. The Kier molecular flexibility index (Phi) is 22.4. The summed E-state index contributed by atoms with van der Waals surface area (Å²) in [7, 11) is 0. The monoisotopic (exact) mass is 1050 g/mol. The highest BCUT2D eigenvalue weighted by atomic mass is 32.1. The molecule has 0 unspecified atom stereocenters. The molecule has 75 heavy (non-hydrogen) atoms. The molecule has 4 atom stereocenters. The Balaban J connectivity index is 0.788. The van der Waals surface area contributed by atoms with E-state index in [2.05, 4.69) is 31.2 Å². The average molecular weight is 1050 g/mol. The Morgan fingerprint density at radius 2 is 1.55 bits per heavy atom. The lowest BCUT2D eigenvalue weighted by atomic mass is 9.85. The minimum Gasteiger partial charge on any atom is -0.391 e. The molecule has 2 aliphatic heterocycles. The van der Waals surface area contributed by atoms with Crippen molar-refractivity contribution in [1.29, 1.82) is 0 Å². The van der Waals surface area contributed by atoms with Crippen molar-refractivity contribution in [1.82, 2.24) is 41.0 Å². The number of β-amino-alcohol motifs (C(OH)–C–C–N with tert-alkyl or cyclic N) is 1. The maximum absolute atomic E-state index is 14.0. The van der Waals surface area contributed by atoms with E-state index in [1.54, 1.807) is 54.1 Å². The number of aryl methyl sites for hydroxylation is 1. The quantitative estimate of drug-likeness (QED) is 0.0387. The van der Waals surface area contributed by atoms with Crippen molar-refractivity contribution in [2.45, 2.75) is 97.4 Å². The van der Waals surface area contributed by atoms with Crippen molar-refractivity contribution in [3.63, 3.8) is 0 Å². The molecule has 6 rings (SSSR count). The lowest BCUT2D eigenvalue weighted by Gasteiger charge is -2.35. The molecule has 2 aromatic carbocycles. The first-order valence-corrected chi connectivity index (χ1v) is 26.8. The minimum atomic E-state index is -0.992. The molecule has 19 heteroatoms. The van der Waals surface area contributed by atoms with E-state index in [0.717, 1.165) is 59.4 Å². The van der Waals surface area contributed by atoms with E-state index in [-0.39, 0.29) is 88.8 Å². The van der Waals surface area contributed by atoms with E-state index in [1.807, 2.05) is 81.4 Å². The number of carbonyl (C=O) groups excluding carboxylic acids is 6. The molecule has 0 aliphatic carbocycles. The Morgan fingerprint density at radius 1 is 0.853 bits per heavy atom. The molecule has 0 bridgehead atoms. The van der Waals surface area contributed by atoms with Gasteiger partial charge in [0.05, 0.1) is 61.3 Å². The molecule has 2 saturated heterocycles. The number of thiazole rings is 1. The zero-order chi connectivity index (χ0) is 53.7. The van der Waals surface area contributed by atoms with E-state index in [9.17, 15) is 33.9 Å². The van der Waals surface area contributed by atoms with Gasteiger partial charge in [0.2, 0.25) is 23.6 Å². The number of hydrogen-bond acceptors (Lipinski definition) is 13. The smallest absolute Gasteiger partial charge is 0.253 e. The second-order valence-electron chi connectivity index (χ2n) is 20.1. The molecule has 5 N–H and O–H groups in total. The number of aliphatic hydroxyl groups excluding tert-OH is 1. The van der Waals surface area contributed by atoms with Crippen LogP contribution < -0.4 is 21.3 Å². The first-order valence-electron chi connectivity index (χ1n) is 25.9. The lowest BCUT2D eigenvalue weighted by Crippen LogP contribution is -2.58. The van der Waals surface area contributed by atoms with Crippen LogP contribution in [0.5, 0.6) is 0 Å². The van der Waals surface area contributed by atoms with Crippen molar-refractivity contribution >= 4 is 52.9 Å². The number of likely N-dealkylation sites (tertiary alicyclic amines) is 2. The van der Waals surface area contributed by atoms with Crippen molar-refractivity contribution in [2.24, 2.45) is 11.3 Å². The number of amides is 6. The fourth-order valence-electron chi connectivity index (χ4n) is 9.01. The van der Waals surface area contributed by atoms with Crippen LogP contribution in [-0.4, -0.2) is 151 Å². The summed E-state index contributed by atoms with van der Waals surface area (Å²) in [5.74, 6) is -1.25. The Bertz CT molecular complexity index is 2510. The van der Waals surface area contributed by atoms with Gasteiger partial charge in [-0.25, -0.2) is 4.98 Å². The van der Waals surface area contributed by atoms with Gasteiger partial charge in [0.25, 0.3) is 11.8 Å². The number of hydrogen-bond donors (Lipinski definition) is 5.